The zero-order valence-electron chi connectivity index (χ0n) is 12.1. The Labute approximate surface area is 138 Å². The molecule has 3 rings (SSSR count). The molecule has 0 aliphatic heterocycles. The van der Waals surface area contributed by atoms with Gasteiger partial charge in [0.25, 0.3) is 0 Å². The van der Waals surface area contributed by atoms with E-state index >= 15 is 0 Å². The second-order valence-corrected chi connectivity index (χ2v) is 6.98. The van der Waals surface area contributed by atoms with Gasteiger partial charge in [-0.3, -0.25) is 0 Å². The molecule has 6 heteroatoms. The van der Waals surface area contributed by atoms with Crippen molar-refractivity contribution in [2.75, 3.05) is 0 Å². The van der Waals surface area contributed by atoms with Crippen molar-refractivity contribution < 1.29 is 22.7 Å². The SMILES string of the molecule is Oc1c(F)cc([S+](c2ccc(F)cc2)c2ccc(F)cc2)cc1F. The summed E-state index contributed by atoms with van der Waals surface area (Å²) in [5.41, 5.74) is 0. The lowest BCUT2D eigenvalue weighted by molar-refractivity contribution is 0.394. The van der Waals surface area contributed by atoms with E-state index in [2.05, 4.69) is 0 Å². The maximum absolute atomic E-state index is 13.8. The van der Waals surface area contributed by atoms with Gasteiger partial charge in [0.05, 0.1) is 10.9 Å². The molecule has 0 saturated heterocycles. The third-order valence-electron chi connectivity index (χ3n) is 3.32. The molecule has 24 heavy (non-hydrogen) atoms. The molecule has 1 N–H and O–H groups in total. The quantitative estimate of drug-likeness (QED) is 0.517. The summed E-state index contributed by atoms with van der Waals surface area (Å²) in [7, 11) is -0.984. The Morgan fingerprint density at radius 3 is 1.33 bits per heavy atom. The molecule has 0 atom stereocenters. The molecule has 0 aromatic heterocycles. The summed E-state index contributed by atoms with van der Waals surface area (Å²) >= 11 is 0. The number of halogens is 4. The van der Waals surface area contributed by atoms with Crippen LogP contribution in [0, 0.1) is 23.3 Å². The molecule has 0 radical (unpaired) electrons. The van der Waals surface area contributed by atoms with E-state index in [0.29, 0.717) is 9.79 Å². The summed E-state index contributed by atoms with van der Waals surface area (Å²) < 4.78 is 53.9. The normalized spacial score (nSPS) is 11.0. The first-order chi connectivity index (χ1) is 11.5. The Kier molecular flexibility index (Phi) is 4.49. The Morgan fingerprint density at radius 2 is 0.958 bits per heavy atom. The predicted octanol–water partition coefficient (Wildman–Crippen LogP) is 5.04. The number of aromatic hydroxyl groups is 1. The Bertz CT molecular complexity index is 795. The van der Waals surface area contributed by atoms with Crippen molar-refractivity contribution in [2.24, 2.45) is 0 Å². The molecule has 0 aliphatic carbocycles. The van der Waals surface area contributed by atoms with Crippen LogP contribution in [0.25, 0.3) is 0 Å². The summed E-state index contributed by atoms with van der Waals surface area (Å²) in [4.78, 5) is 1.46. The monoisotopic (exact) mass is 351 g/mol. The van der Waals surface area contributed by atoms with E-state index in [1.165, 1.54) is 48.5 Å². The number of hydrogen-bond acceptors (Lipinski definition) is 1. The molecule has 1 nitrogen and oxygen atoms in total. The highest BCUT2D eigenvalue weighted by Gasteiger charge is 2.31. The predicted molar refractivity (Wildman–Crippen MR) is 83.0 cm³/mol. The third-order valence-corrected chi connectivity index (χ3v) is 5.52. The Hall–Kier alpha value is -2.47. The van der Waals surface area contributed by atoms with E-state index in [-0.39, 0.29) is 4.90 Å². The van der Waals surface area contributed by atoms with E-state index in [4.69, 9.17) is 0 Å². The average molecular weight is 351 g/mol. The topological polar surface area (TPSA) is 20.2 Å². The van der Waals surface area contributed by atoms with Crippen LogP contribution in [-0.2, 0) is 10.9 Å². The Morgan fingerprint density at radius 1 is 0.583 bits per heavy atom. The first-order valence-electron chi connectivity index (χ1n) is 6.89. The minimum Gasteiger partial charge on any atom is -0.503 e. The van der Waals surface area contributed by atoms with Crippen LogP contribution >= 0.6 is 0 Å². The summed E-state index contributed by atoms with van der Waals surface area (Å²) in [5.74, 6) is -4.12. The first kappa shape index (κ1) is 16.4. The van der Waals surface area contributed by atoms with Gasteiger partial charge in [0.2, 0.25) is 0 Å². The molecule has 0 saturated carbocycles. The van der Waals surface area contributed by atoms with Crippen LogP contribution in [0.5, 0.6) is 5.75 Å². The third kappa shape index (κ3) is 3.23. The zero-order valence-corrected chi connectivity index (χ0v) is 13.0. The molecule has 0 heterocycles. The summed E-state index contributed by atoms with van der Waals surface area (Å²) in [6, 6.07) is 13.0. The van der Waals surface area contributed by atoms with E-state index in [9.17, 15) is 22.7 Å². The molecule has 3 aromatic carbocycles. The van der Waals surface area contributed by atoms with Crippen molar-refractivity contribution in [3.8, 4) is 5.75 Å². The molecule has 122 valence electrons. The van der Waals surface area contributed by atoms with Crippen molar-refractivity contribution in [2.45, 2.75) is 14.7 Å². The number of phenolic OH excluding ortho intramolecular Hbond substituents is 1. The number of phenols is 1. The van der Waals surface area contributed by atoms with E-state index < -0.39 is 39.9 Å². The van der Waals surface area contributed by atoms with E-state index in [1.54, 1.807) is 0 Å². The average Bonchev–Trinajstić information content (AvgIpc) is 2.56. The van der Waals surface area contributed by atoms with Crippen molar-refractivity contribution in [3.63, 3.8) is 0 Å². The van der Waals surface area contributed by atoms with Crippen LogP contribution in [0.3, 0.4) is 0 Å². The molecular weight excluding hydrogens is 340 g/mol. The van der Waals surface area contributed by atoms with Crippen molar-refractivity contribution in [1.82, 2.24) is 0 Å². The van der Waals surface area contributed by atoms with Crippen molar-refractivity contribution in [3.05, 3.63) is 83.9 Å². The standard InChI is InChI=1S/C18H10F4OS/c19-11-1-5-13(6-2-11)24(14-7-3-12(20)4-8-14)15-9-16(21)18(23)17(22)10-15/h1-10H/p+1. The van der Waals surface area contributed by atoms with Crippen LogP contribution in [0.4, 0.5) is 17.6 Å². The molecule has 3 aromatic rings. The van der Waals surface area contributed by atoms with Crippen LogP contribution in [0.1, 0.15) is 0 Å². The second-order valence-electron chi connectivity index (χ2n) is 4.95. The minimum absolute atomic E-state index is 0.251. The largest absolute Gasteiger partial charge is 0.503 e. The van der Waals surface area contributed by atoms with Crippen molar-refractivity contribution >= 4 is 10.9 Å². The van der Waals surface area contributed by atoms with Gasteiger partial charge < -0.3 is 5.11 Å². The molecule has 0 fully saturated rings. The number of benzene rings is 3. The molecule has 0 bridgehead atoms. The molecular formula is C18H11F4OS+. The van der Waals surface area contributed by atoms with Gasteiger partial charge in [0, 0.05) is 12.1 Å². The van der Waals surface area contributed by atoms with Gasteiger partial charge in [-0.1, -0.05) is 0 Å². The fraction of sp³-hybridized carbons (Fsp3) is 0. The fourth-order valence-electron chi connectivity index (χ4n) is 2.21. The lowest BCUT2D eigenvalue weighted by Crippen LogP contribution is -2.06. The number of rotatable bonds is 3. The van der Waals surface area contributed by atoms with Gasteiger partial charge in [0.1, 0.15) is 11.6 Å². The lowest BCUT2D eigenvalue weighted by atomic mass is 10.3. The molecule has 0 amide bonds. The van der Waals surface area contributed by atoms with E-state index in [0.717, 1.165) is 12.1 Å². The lowest BCUT2D eigenvalue weighted by Gasteiger charge is -2.09. The van der Waals surface area contributed by atoms with Gasteiger partial charge in [-0.25, -0.2) is 17.6 Å². The van der Waals surface area contributed by atoms with Crippen LogP contribution in [0.15, 0.2) is 75.4 Å². The van der Waals surface area contributed by atoms with Gasteiger partial charge in [-0.2, -0.15) is 0 Å². The van der Waals surface area contributed by atoms with Crippen LogP contribution in [-0.4, -0.2) is 5.11 Å². The highest BCUT2D eigenvalue weighted by atomic mass is 32.2. The minimum atomic E-state index is -1.09. The maximum atomic E-state index is 13.8. The van der Waals surface area contributed by atoms with Crippen molar-refractivity contribution in [1.29, 1.82) is 0 Å². The summed E-state index contributed by atoms with van der Waals surface area (Å²) in [6.07, 6.45) is 0. The van der Waals surface area contributed by atoms with Gasteiger partial charge in [0.15, 0.2) is 32.1 Å². The molecule has 0 unspecified atom stereocenters. The van der Waals surface area contributed by atoms with Gasteiger partial charge in [-0.05, 0) is 48.5 Å². The summed E-state index contributed by atoms with van der Waals surface area (Å²) in [6.45, 7) is 0. The first-order valence-corrected chi connectivity index (χ1v) is 8.11. The fourth-order valence-corrected chi connectivity index (χ4v) is 4.29. The second kappa shape index (κ2) is 6.57. The zero-order chi connectivity index (χ0) is 17.3. The van der Waals surface area contributed by atoms with Crippen LogP contribution < -0.4 is 0 Å². The maximum Gasteiger partial charge on any atom is 0.188 e. The highest BCUT2D eigenvalue weighted by Crippen LogP contribution is 2.34. The van der Waals surface area contributed by atoms with Gasteiger partial charge in [-0.15, -0.1) is 0 Å². The highest BCUT2D eigenvalue weighted by molar-refractivity contribution is 7.97. The summed E-state index contributed by atoms with van der Waals surface area (Å²) in [5, 5.41) is 9.28. The number of hydrogen-bond donors (Lipinski definition) is 1. The van der Waals surface area contributed by atoms with Gasteiger partial charge >= 0.3 is 0 Å². The van der Waals surface area contributed by atoms with E-state index in [1.807, 2.05) is 0 Å². The van der Waals surface area contributed by atoms with Crippen LogP contribution in [0.2, 0.25) is 0 Å². The molecule has 0 spiro atoms. The smallest absolute Gasteiger partial charge is 0.188 e. The molecule has 0 aliphatic rings. The Balaban J connectivity index is 2.18.